The minimum Gasteiger partial charge on any atom is -0.478 e. The van der Waals surface area contributed by atoms with Crippen LogP contribution in [0.2, 0.25) is 0 Å². The Balaban J connectivity index is 0.000000159. The van der Waals surface area contributed by atoms with Crippen molar-refractivity contribution >= 4 is 102 Å². The normalized spacial score (nSPS) is 17.8. The highest BCUT2D eigenvalue weighted by Gasteiger charge is 2.38. The molecule has 15 heterocycles. The summed E-state index contributed by atoms with van der Waals surface area (Å²) in [5.41, 5.74) is 12.3. The van der Waals surface area contributed by atoms with Gasteiger partial charge in [0.25, 0.3) is 17.7 Å². The number of hydrogen-bond acceptors (Lipinski definition) is 32. The highest BCUT2D eigenvalue weighted by atomic mass is 79.9. The summed E-state index contributed by atoms with van der Waals surface area (Å²) in [5.74, 6) is 4.19. The standard InChI is InChI=1S/C25H29N5O3.C21H20N6O.C16H19BrN4O3.C10H19N3O3.C10H16N2O2.C7H6BrNO2.C6H4BrNO2/c1-25(2,3)32-24(31)30-13-10-20(16-30)22-27-23(33-28-22)18-8-11-26-21(14-18)29-12-9-17-6-4-5-7-19(17)15-29;22-14-26-9-6-18(12-26)20-24-21(28-25-20)16-5-8-23-19(11-16)27-10-7-15-3-1-2-4-17(15)13-27;1-16(2,3)23-15(22)21-7-5-11(9-21)13-19-14(24-20-13)10-4-6-18-12(17)8-10;1-10(2,3)16-9(14)13-5-4-7(6-13)8(11)12-15;1-10(2,3)14-9(13)12-5-4-8(6-11)7-12;1-11-7(10)5-2-3-9-6(8)4-5;7-5-3-4(6(9)10)1-2-8-5/h4-8,11,14,20H,9-10,12-13,15-16H2,1-3H3;1-5,8,11,18H,6-7,9-10,12-13H2;4,6,8,11H,5,7,9H2,1-3H3;7,15H,4-6H2,1-3H3,(H2,11,12);8H,4-5,7H2,1-3H3;2-4H,1H3;1-3H,(H,9,10)/t20-;18-;11-;7-;8-;;/m11110../s1. The Hall–Kier alpha value is -13.3. The summed E-state index contributed by atoms with van der Waals surface area (Å²) in [5, 5.41) is 50.1. The number of esters is 1. The fourth-order valence-corrected chi connectivity index (χ4v) is 16.1. The number of aromatic nitrogens is 11. The average molecular weight is 2060 g/mol. The molecule has 41 heteroatoms. The van der Waals surface area contributed by atoms with Crippen LogP contribution in [0.5, 0.6) is 0 Å². The Morgan fingerprint density at radius 2 is 0.824 bits per heavy atom. The molecule has 720 valence electrons. The Morgan fingerprint density at radius 1 is 0.456 bits per heavy atom. The van der Waals surface area contributed by atoms with Gasteiger partial charge in [-0.05, 0) is 259 Å². The summed E-state index contributed by atoms with van der Waals surface area (Å²) in [7, 11) is 1.34. The van der Waals surface area contributed by atoms with Gasteiger partial charge in [-0.3, -0.25) is 0 Å². The fraction of sp³-hybridized carbons (Fsp3) is 0.453. The number of nitrogens with two attached hydrogens (primary N) is 1. The predicted molar refractivity (Wildman–Crippen MR) is 511 cm³/mol. The molecular formula is C95H113Br3N22O16. The molecule has 0 spiro atoms. The van der Waals surface area contributed by atoms with Crippen LogP contribution in [0.25, 0.3) is 34.4 Å². The second-order valence-corrected chi connectivity index (χ2v) is 39.2. The summed E-state index contributed by atoms with van der Waals surface area (Å²) in [4.78, 5) is 116. The SMILES string of the molecule is CC(C)(C)OC(=O)N1CC[C@@H](/C(N)=N/O)C1.CC(C)(C)OC(=O)N1CC[C@@H](C#N)C1.CC(C)(C)OC(=O)N1CC[C@@H](c2noc(-c3ccnc(Br)c3)n2)C1.CC(C)(C)OC(=O)N1CC[C@@H](c2noc(-c3ccnc(N4CCc5ccccc5C4)c3)n2)C1.COC(=O)c1ccnc(Br)c1.N#CN1CC[C@@H](c2noc(-c3ccnc(N4CCc5ccccc5C4)c3)n2)C1.O=C(O)c1ccnc(Br)c1. The van der Waals surface area contributed by atoms with E-state index in [2.05, 4.69) is 184 Å². The van der Waals surface area contributed by atoms with Gasteiger partial charge < -0.3 is 87.6 Å². The van der Waals surface area contributed by atoms with E-state index in [4.69, 9.17) is 59.1 Å². The number of carboxylic acid groups (broad SMARTS) is 1. The first-order valence-corrected chi connectivity index (χ1v) is 46.7. The van der Waals surface area contributed by atoms with Gasteiger partial charge in [-0.15, -0.1) is 0 Å². The summed E-state index contributed by atoms with van der Waals surface area (Å²) in [6, 6.07) is 36.8. The van der Waals surface area contributed by atoms with Gasteiger partial charge in [0, 0.05) is 163 Å². The lowest BCUT2D eigenvalue weighted by Crippen LogP contribution is -2.36. The average Bonchev–Trinajstić information content (AvgIpc) is 1.63. The van der Waals surface area contributed by atoms with E-state index < -0.39 is 28.4 Å². The number of pyridine rings is 5. The molecule has 2 aromatic carbocycles. The number of rotatable bonds is 11. The molecule has 38 nitrogen and oxygen atoms in total. The van der Waals surface area contributed by atoms with Crippen LogP contribution in [0, 0.1) is 34.6 Å². The van der Waals surface area contributed by atoms with Gasteiger partial charge >= 0.3 is 36.3 Å². The molecule has 8 aromatic heterocycles. The third-order valence-corrected chi connectivity index (χ3v) is 23.1. The van der Waals surface area contributed by atoms with Gasteiger partial charge in [0.05, 0.1) is 30.2 Å². The monoisotopic (exact) mass is 2050 g/mol. The van der Waals surface area contributed by atoms with E-state index in [1.54, 1.807) is 55.2 Å². The molecule has 0 bridgehead atoms. The summed E-state index contributed by atoms with van der Waals surface area (Å²) in [6.45, 7) is 31.6. The lowest BCUT2D eigenvalue weighted by atomic mass is 10.00. The number of oxime groups is 1. The molecule has 4 N–H and O–H groups in total. The van der Waals surface area contributed by atoms with Crippen molar-refractivity contribution < 1.29 is 76.3 Å². The Bertz CT molecular complexity index is 5880. The number of likely N-dealkylation sites (tertiary alicyclic amines) is 5. The van der Waals surface area contributed by atoms with E-state index >= 15 is 0 Å². The molecule has 5 atom stereocenters. The second-order valence-electron chi connectivity index (χ2n) is 36.8. The third kappa shape index (κ3) is 30.9. The summed E-state index contributed by atoms with van der Waals surface area (Å²) < 4.78 is 44.1. The number of hydrogen-bond donors (Lipinski definition) is 3. The Kier molecular flexibility index (Phi) is 35.9. The maximum atomic E-state index is 12.4. The number of nitriles is 2. The number of carbonyl (C=O) groups is 6. The zero-order valence-corrected chi connectivity index (χ0v) is 83.0. The number of halogens is 3. The van der Waals surface area contributed by atoms with Gasteiger partial charge in [0.2, 0.25) is 0 Å². The molecule has 17 rings (SSSR count). The molecule has 0 aliphatic carbocycles. The first kappa shape index (κ1) is 103. The zero-order valence-electron chi connectivity index (χ0n) is 78.2. The molecule has 0 radical (unpaired) electrons. The molecule has 0 unspecified atom stereocenters. The number of fused-ring (bicyclic) bond motifs is 2. The van der Waals surface area contributed by atoms with Crippen LogP contribution in [0.4, 0.5) is 30.8 Å². The molecular weight excluding hydrogens is 1940 g/mol. The molecule has 0 saturated carbocycles. The highest BCUT2D eigenvalue weighted by molar-refractivity contribution is 9.11. The number of nitrogens with zero attached hydrogens (tertiary/aromatic N) is 21. The third-order valence-electron chi connectivity index (χ3n) is 21.8. The quantitative estimate of drug-likeness (QED) is 0.0158. The van der Waals surface area contributed by atoms with Crippen molar-refractivity contribution in [2.24, 2.45) is 22.7 Å². The van der Waals surface area contributed by atoms with Crippen molar-refractivity contribution in [1.82, 2.24) is 79.8 Å². The number of amides is 4. The van der Waals surface area contributed by atoms with Gasteiger partial charge in [-0.2, -0.15) is 25.5 Å². The number of anilines is 2. The summed E-state index contributed by atoms with van der Waals surface area (Å²) >= 11 is 9.52. The molecule has 10 aromatic rings. The molecule has 5 saturated heterocycles. The van der Waals surface area contributed by atoms with Crippen molar-refractivity contribution in [3.8, 4) is 46.6 Å². The number of amidine groups is 1. The van der Waals surface area contributed by atoms with Crippen molar-refractivity contribution in [1.29, 1.82) is 10.5 Å². The van der Waals surface area contributed by atoms with Crippen LogP contribution in [-0.2, 0) is 49.6 Å². The van der Waals surface area contributed by atoms with E-state index in [0.717, 1.165) is 99.6 Å². The lowest BCUT2D eigenvalue weighted by molar-refractivity contribution is 0.0281. The molecule has 7 aliphatic heterocycles. The lowest BCUT2D eigenvalue weighted by Gasteiger charge is -2.29. The van der Waals surface area contributed by atoms with Gasteiger partial charge in [0.1, 0.15) is 53.7 Å². The Morgan fingerprint density at radius 3 is 1.21 bits per heavy atom. The Labute approximate surface area is 814 Å². The first-order valence-electron chi connectivity index (χ1n) is 44.3. The first-order chi connectivity index (χ1) is 64.7. The molecule has 4 amide bonds. The van der Waals surface area contributed by atoms with Crippen LogP contribution in [0.3, 0.4) is 0 Å². The van der Waals surface area contributed by atoms with Crippen LogP contribution in [0.1, 0.15) is 193 Å². The minimum atomic E-state index is -0.942. The molecule has 7 aliphatic rings. The number of ether oxygens (including phenoxy) is 5. The number of benzene rings is 2. The second kappa shape index (κ2) is 47.3. The fourth-order valence-electron chi connectivity index (χ4n) is 15.0. The molecule has 5 fully saturated rings. The summed E-state index contributed by atoms with van der Waals surface area (Å²) in [6.07, 6.45) is 15.1. The van der Waals surface area contributed by atoms with E-state index in [1.165, 1.54) is 53.9 Å². The van der Waals surface area contributed by atoms with Crippen molar-refractivity contribution in [2.45, 2.75) is 181 Å². The largest absolute Gasteiger partial charge is 0.478 e. The van der Waals surface area contributed by atoms with Crippen molar-refractivity contribution in [3.05, 3.63) is 205 Å². The van der Waals surface area contributed by atoms with E-state index in [1.807, 2.05) is 119 Å². The number of carbonyl (C=O) groups excluding carboxylic acids is 5. The smallest absolute Gasteiger partial charge is 0.410 e. The maximum absolute atomic E-state index is 12.4. The van der Waals surface area contributed by atoms with Crippen LogP contribution in [-0.4, -0.2) is 240 Å². The minimum absolute atomic E-state index is 0.0254. The number of carboxylic acids is 1. The van der Waals surface area contributed by atoms with E-state index in [-0.39, 0.29) is 71.3 Å². The van der Waals surface area contributed by atoms with E-state index in [0.29, 0.717) is 120 Å². The number of methoxy groups -OCH3 is 1. The van der Waals surface area contributed by atoms with Gasteiger partial charge in [0.15, 0.2) is 23.7 Å². The van der Waals surface area contributed by atoms with Gasteiger partial charge in [-0.1, -0.05) is 69.2 Å². The highest BCUT2D eigenvalue weighted by Crippen LogP contribution is 2.36. The van der Waals surface area contributed by atoms with Crippen LogP contribution >= 0.6 is 47.8 Å². The number of aromatic carboxylic acids is 1. The van der Waals surface area contributed by atoms with Crippen molar-refractivity contribution in [3.63, 3.8) is 0 Å². The predicted octanol–water partition coefficient (Wildman–Crippen LogP) is 16.9. The maximum Gasteiger partial charge on any atom is 0.410 e. The van der Waals surface area contributed by atoms with Crippen molar-refractivity contribution in [2.75, 3.05) is 95.4 Å². The molecule has 136 heavy (non-hydrogen) atoms. The van der Waals surface area contributed by atoms with Crippen LogP contribution < -0.4 is 15.5 Å². The topological polar surface area (TPSA) is 479 Å². The van der Waals surface area contributed by atoms with Crippen LogP contribution in [0.15, 0.2) is 173 Å². The van der Waals surface area contributed by atoms with Gasteiger partial charge in [-0.25, -0.2) is 53.7 Å². The zero-order chi connectivity index (χ0) is 98.2. The van der Waals surface area contributed by atoms with E-state index in [9.17, 15) is 28.8 Å².